The highest BCUT2D eigenvalue weighted by Gasteiger charge is 2.56. The third-order valence-electron chi connectivity index (χ3n) is 4.74. The van der Waals surface area contributed by atoms with Gasteiger partial charge < -0.3 is 0 Å². The first-order chi connectivity index (χ1) is 8.61. The zero-order valence-corrected chi connectivity index (χ0v) is 15.9. The van der Waals surface area contributed by atoms with Gasteiger partial charge in [-0.1, -0.05) is 74.7 Å². The summed E-state index contributed by atoms with van der Waals surface area (Å²) in [6.07, 6.45) is 6.54. The van der Waals surface area contributed by atoms with Crippen molar-refractivity contribution in [2.45, 2.75) is 65.0 Å². The summed E-state index contributed by atoms with van der Waals surface area (Å²) in [4.78, 5) is 0. The zero-order valence-electron chi connectivity index (χ0n) is 13.9. The Labute approximate surface area is 122 Å². The maximum Gasteiger partial charge on any atom is 0.0763 e. The molecule has 1 aliphatic carbocycles. The average molecular weight is 293 g/mol. The van der Waals surface area contributed by atoms with Gasteiger partial charge >= 0.3 is 0 Å². The van der Waals surface area contributed by atoms with Gasteiger partial charge in [0.2, 0.25) is 0 Å². The van der Waals surface area contributed by atoms with E-state index in [1.807, 2.05) is 10.4 Å². The standard InChI is InChI=1S/C17H32Si2/c1-9-11-13-18(5,6)15-16(17(15,3)4)19(7,8)14-12-10-2/h9-10H,1-2,11-14H2,3-8H3. The van der Waals surface area contributed by atoms with Crippen molar-refractivity contribution in [1.82, 2.24) is 0 Å². The Kier molecular flexibility index (Phi) is 4.90. The van der Waals surface area contributed by atoms with Gasteiger partial charge in [0.15, 0.2) is 0 Å². The lowest BCUT2D eigenvalue weighted by Gasteiger charge is -2.23. The zero-order chi connectivity index (χ0) is 14.9. The molecule has 0 nitrogen and oxygen atoms in total. The predicted octanol–water partition coefficient (Wildman–Crippen LogP) is 5.97. The molecule has 0 fully saturated rings. The van der Waals surface area contributed by atoms with E-state index in [-0.39, 0.29) is 0 Å². The van der Waals surface area contributed by atoms with E-state index in [4.69, 9.17) is 0 Å². The summed E-state index contributed by atoms with van der Waals surface area (Å²) < 4.78 is 0. The van der Waals surface area contributed by atoms with Gasteiger partial charge in [-0.05, 0) is 18.3 Å². The van der Waals surface area contributed by atoms with Crippen molar-refractivity contribution < 1.29 is 0 Å². The second kappa shape index (κ2) is 5.57. The fourth-order valence-electron chi connectivity index (χ4n) is 4.01. The molecular formula is C17H32Si2. The molecule has 0 radical (unpaired) electrons. The number of allylic oxidation sites excluding steroid dienone is 4. The molecule has 0 spiro atoms. The lowest BCUT2D eigenvalue weighted by atomic mass is 10.1. The van der Waals surface area contributed by atoms with Crippen molar-refractivity contribution in [3.05, 3.63) is 35.7 Å². The molecule has 0 saturated heterocycles. The minimum Gasteiger partial charge on any atom is -0.103 e. The van der Waals surface area contributed by atoms with E-state index in [1.165, 1.54) is 24.9 Å². The maximum absolute atomic E-state index is 3.89. The predicted molar refractivity (Wildman–Crippen MR) is 95.0 cm³/mol. The smallest absolute Gasteiger partial charge is 0.0763 e. The van der Waals surface area contributed by atoms with E-state index in [2.05, 4.69) is 65.3 Å². The summed E-state index contributed by atoms with van der Waals surface area (Å²) in [6.45, 7) is 22.9. The van der Waals surface area contributed by atoms with Gasteiger partial charge in [0.25, 0.3) is 0 Å². The van der Waals surface area contributed by atoms with E-state index in [9.17, 15) is 0 Å². The second-order valence-corrected chi connectivity index (χ2v) is 17.3. The summed E-state index contributed by atoms with van der Waals surface area (Å²) in [5.41, 5.74) is 0.438. The van der Waals surface area contributed by atoms with E-state index in [0.717, 1.165) is 0 Å². The van der Waals surface area contributed by atoms with Gasteiger partial charge in [0, 0.05) is 0 Å². The van der Waals surface area contributed by atoms with Crippen molar-refractivity contribution in [1.29, 1.82) is 0 Å². The Morgan fingerprint density at radius 2 is 1.16 bits per heavy atom. The molecule has 1 rings (SSSR count). The van der Waals surface area contributed by atoms with Gasteiger partial charge in [-0.15, -0.1) is 13.2 Å². The van der Waals surface area contributed by atoms with Crippen LogP contribution in [0.15, 0.2) is 35.7 Å². The van der Waals surface area contributed by atoms with Gasteiger partial charge in [0.1, 0.15) is 0 Å². The largest absolute Gasteiger partial charge is 0.103 e. The van der Waals surface area contributed by atoms with Gasteiger partial charge in [0.05, 0.1) is 16.1 Å². The van der Waals surface area contributed by atoms with Crippen molar-refractivity contribution in [2.24, 2.45) is 5.41 Å². The van der Waals surface area contributed by atoms with Crippen LogP contribution in [0.5, 0.6) is 0 Å². The van der Waals surface area contributed by atoms with Crippen molar-refractivity contribution in [3.8, 4) is 0 Å². The quantitative estimate of drug-likeness (QED) is 0.382. The van der Waals surface area contributed by atoms with E-state index >= 15 is 0 Å². The summed E-state index contributed by atoms with van der Waals surface area (Å²) in [5, 5.41) is 3.78. The molecule has 0 aliphatic heterocycles. The summed E-state index contributed by atoms with van der Waals surface area (Å²) >= 11 is 0. The highest BCUT2D eigenvalue weighted by atomic mass is 28.3. The van der Waals surface area contributed by atoms with Crippen LogP contribution in [0.25, 0.3) is 0 Å². The molecule has 0 aromatic carbocycles. The molecule has 19 heavy (non-hydrogen) atoms. The molecule has 0 bridgehead atoms. The highest BCUT2D eigenvalue weighted by molar-refractivity contribution is 6.93. The van der Waals surface area contributed by atoms with Crippen LogP contribution >= 0.6 is 0 Å². The van der Waals surface area contributed by atoms with Crippen LogP contribution in [0.1, 0.15) is 26.7 Å². The van der Waals surface area contributed by atoms with Gasteiger partial charge in [-0.3, -0.25) is 0 Å². The topological polar surface area (TPSA) is 0 Å². The molecule has 0 unspecified atom stereocenters. The third kappa shape index (κ3) is 3.40. The fourth-order valence-corrected chi connectivity index (χ4v) is 14.0. The van der Waals surface area contributed by atoms with Crippen molar-refractivity contribution in [3.63, 3.8) is 0 Å². The van der Waals surface area contributed by atoms with Gasteiger partial charge in [-0.25, -0.2) is 0 Å². The Hall–Kier alpha value is -0.346. The number of hydrogen-bond acceptors (Lipinski definition) is 0. The second-order valence-electron chi connectivity index (χ2n) is 7.80. The maximum atomic E-state index is 3.89. The molecule has 2 heteroatoms. The summed E-state index contributed by atoms with van der Waals surface area (Å²) in [7, 11) is -2.44. The first-order valence-electron chi connectivity index (χ1n) is 7.59. The number of rotatable bonds is 8. The van der Waals surface area contributed by atoms with Crippen LogP contribution < -0.4 is 0 Å². The lowest BCUT2D eigenvalue weighted by Crippen LogP contribution is -2.27. The molecule has 0 aromatic heterocycles. The monoisotopic (exact) mass is 292 g/mol. The van der Waals surface area contributed by atoms with E-state index < -0.39 is 16.1 Å². The molecule has 108 valence electrons. The first-order valence-corrected chi connectivity index (χ1v) is 14.0. The normalized spacial score (nSPS) is 18.4. The lowest BCUT2D eigenvalue weighted by molar-refractivity contribution is 0.702. The average Bonchev–Trinajstić information content (AvgIpc) is 2.89. The Morgan fingerprint density at radius 3 is 1.42 bits per heavy atom. The molecule has 0 N–H and O–H groups in total. The summed E-state index contributed by atoms with van der Waals surface area (Å²) in [6, 6.07) is 2.73. The van der Waals surface area contributed by atoms with Crippen molar-refractivity contribution in [2.75, 3.05) is 0 Å². The SMILES string of the molecule is C=CCC[Si](C)(C)C1=C([Si](C)(C)CCC=C)C1(C)C. The minimum atomic E-state index is -1.22. The molecular weight excluding hydrogens is 260 g/mol. The number of hydrogen-bond donors (Lipinski definition) is 0. The van der Waals surface area contributed by atoms with E-state index in [0.29, 0.717) is 5.41 Å². The molecule has 1 aliphatic rings. The van der Waals surface area contributed by atoms with E-state index in [1.54, 1.807) is 0 Å². The van der Waals surface area contributed by atoms with Crippen LogP contribution in [0.3, 0.4) is 0 Å². The Balaban J connectivity index is 2.97. The highest BCUT2D eigenvalue weighted by Crippen LogP contribution is 2.61. The minimum absolute atomic E-state index is 0.438. The van der Waals surface area contributed by atoms with Crippen LogP contribution in [-0.2, 0) is 0 Å². The first kappa shape index (κ1) is 16.7. The Morgan fingerprint density at radius 1 is 0.842 bits per heavy atom. The third-order valence-corrected chi connectivity index (χ3v) is 12.5. The van der Waals surface area contributed by atoms with Crippen LogP contribution in [0, 0.1) is 5.41 Å². The molecule has 0 aromatic rings. The van der Waals surface area contributed by atoms with Crippen molar-refractivity contribution >= 4 is 16.1 Å². The molecule has 0 heterocycles. The molecule has 0 saturated carbocycles. The van der Waals surface area contributed by atoms with Crippen LogP contribution in [-0.4, -0.2) is 16.1 Å². The molecule has 0 atom stereocenters. The van der Waals surface area contributed by atoms with Gasteiger partial charge in [-0.2, -0.15) is 0 Å². The van der Waals surface area contributed by atoms with Crippen LogP contribution in [0.4, 0.5) is 0 Å². The fraction of sp³-hybridized carbons (Fsp3) is 0.647. The Bertz CT molecular complexity index is 361. The summed E-state index contributed by atoms with van der Waals surface area (Å²) in [5.74, 6) is 0. The van der Waals surface area contributed by atoms with Crippen LogP contribution in [0.2, 0.25) is 38.3 Å². The molecule has 0 amide bonds.